The molecule has 1 fully saturated rings. The van der Waals surface area contributed by atoms with E-state index in [0.29, 0.717) is 18.1 Å². The van der Waals surface area contributed by atoms with Gasteiger partial charge in [-0.1, -0.05) is 68.3 Å². The summed E-state index contributed by atoms with van der Waals surface area (Å²) >= 11 is 0. The van der Waals surface area contributed by atoms with Crippen LogP contribution in [0.15, 0.2) is 61.2 Å². The van der Waals surface area contributed by atoms with Crippen LogP contribution < -0.4 is 0 Å². The van der Waals surface area contributed by atoms with E-state index in [9.17, 15) is 4.39 Å². The SMILES string of the molecule is C=CCOC(c1ccc(C2CCC(CCC)CC2)cc1)c1ccccc1F. The molecule has 1 aliphatic rings. The maximum atomic E-state index is 14.3. The predicted octanol–water partition coefficient (Wildman–Crippen LogP) is 7.19. The fourth-order valence-corrected chi connectivity index (χ4v) is 4.35. The maximum absolute atomic E-state index is 14.3. The molecular formula is C25H31FO. The Balaban J connectivity index is 1.74. The van der Waals surface area contributed by atoms with E-state index in [0.717, 1.165) is 11.5 Å². The van der Waals surface area contributed by atoms with Crippen molar-refractivity contribution >= 4 is 0 Å². The molecule has 0 heterocycles. The van der Waals surface area contributed by atoms with Gasteiger partial charge < -0.3 is 4.74 Å². The highest BCUT2D eigenvalue weighted by Crippen LogP contribution is 2.38. The van der Waals surface area contributed by atoms with Gasteiger partial charge in [-0.05, 0) is 54.7 Å². The summed E-state index contributed by atoms with van der Waals surface area (Å²) in [5, 5.41) is 0. The van der Waals surface area contributed by atoms with Gasteiger partial charge in [0, 0.05) is 5.56 Å². The molecule has 0 radical (unpaired) electrons. The summed E-state index contributed by atoms with van der Waals surface area (Å²) in [6.45, 7) is 6.39. The zero-order valence-electron chi connectivity index (χ0n) is 16.4. The van der Waals surface area contributed by atoms with Crippen LogP contribution in [0, 0.1) is 11.7 Å². The van der Waals surface area contributed by atoms with E-state index >= 15 is 0 Å². The van der Waals surface area contributed by atoms with E-state index in [1.54, 1.807) is 18.2 Å². The van der Waals surface area contributed by atoms with Gasteiger partial charge in [0.25, 0.3) is 0 Å². The molecule has 1 unspecified atom stereocenters. The van der Waals surface area contributed by atoms with Crippen molar-refractivity contribution in [2.24, 2.45) is 5.92 Å². The Labute approximate surface area is 163 Å². The minimum absolute atomic E-state index is 0.232. The van der Waals surface area contributed by atoms with Crippen molar-refractivity contribution in [1.29, 1.82) is 0 Å². The highest BCUT2D eigenvalue weighted by molar-refractivity contribution is 5.34. The maximum Gasteiger partial charge on any atom is 0.129 e. The highest BCUT2D eigenvalue weighted by Gasteiger charge is 2.23. The zero-order chi connectivity index (χ0) is 19.1. The van der Waals surface area contributed by atoms with E-state index in [2.05, 4.69) is 37.8 Å². The standard InChI is InChI=1S/C25H31FO/c1-3-7-19-10-12-20(13-11-19)21-14-16-22(17-15-21)25(27-18-4-2)23-8-5-6-9-24(23)26/h4-6,8-9,14-17,19-20,25H,2-3,7,10-13,18H2,1H3. The molecule has 2 heteroatoms. The van der Waals surface area contributed by atoms with Crippen LogP contribution in [0.2, 0.25) is 0 Å². The second kappa shape index (κ2) is 9.85. The molecule has 0 amide bonds. The van der Waals surface area contributed by atoms with Gasteiger partial charge in [-0.25, -0.2) is 4.39 Å². The summed E-state index contributed by atoms with van der Waals surface area (Å²) in [6, 6.07) is 15.5. The molecule has 27 heavy (non-hydrogen) atoms. The van der Waals surface area contributed by atoms with Crippen LogP contribution in [0.25, 0.3) is 0 Å². The molecule has 0 aliphatic heterocycles. The Bertz CT molecular complexity index is 713. The lowest BCUT2D eigenvalue weighted by Crippen LogP contribution is -2.13. The fraction of sp³-hybridized carbons (Fsp3) is 0.440. The van der Waals surface area contributed by atoms with E-state index in [4.69, 9.17) is 4.74 Å². The van der Waals surface area contributed by atoms with Crippen molar-refractivity contribution in [3.8, 4) is 0 Å². The Morgan fingerprint density at radius 2 is 1.78 bits per heavy atom. The Morgan fingerprint density at radius 3 is 2.41 bits per heavy atom. The molecular weight excluding hydrogens is 335 g/mol. The number of hydrogen-bond donors (Lipinski definition) is 0. The van der Waals surface area contributed by atoms with Crippen molar-refractivity contribution in [3.05, 3.63) is 83.7 Å². The first-order chi connectivity index (χ1) is 13.2. The van der Waals surface area contributed by atoms with E-state index < -0.39 is 6.10 Å². The van der Waals surface area contributed by atoms with Gasteiger partial charge in [0.1, 0.15) is 11.9 Å². The van der Waals surface area contributed by atoms with Gasteiger partial charge in [0.05, 0.1) is 6.61 Å². The molecule has 0 spiro atoms. The summed E-state index contributed by atoms with van der Waals surface area (Å²) in [7, 11) is 0. The van der Waals surface area contributed by atoms with Crippen LogP contribution in [0.4, 0.5) is 4.39 Å². The number of hydrogen-bond acceptors (Lipinski definition) is 1. The largest absolute Gasteiger partial charge is 0.365 e. The first kappa shape index (κ1) is 19.8. The molecule has 1 saturated carbocycles. The summed E-state index contributed by atoms with van der Waals surface area (Å²) < 4.78 is 20.2. The van der Waals surface area contributed by atoms with Gasteiger partial charge in [-0.3, -0.25) is 0 Å². The molecule has 0 bridgehead atoms. The lowest BCUT2D eigenvalue weighted by atomic mass is 9.77. The quantitative estimate of drug-likeness (QED) is 0.449. The smallest absolute Gasteiger partial charge is 0.129 e. The number of halogens is 1. The van der Waals surface area contributed by atoms with Gasteiger partial charge in [0.2, 0.25) is 0 Å². The topological polar surface area (TPSA) is 9.23 Å². The molecule has 3 rings (SSSR count). The molecule has 1 atom stereocenters. The molecule has 144 valence electrons. The van der Waals surface area contributed by atoms with Crippen LogP contribution >= 0.6 is 0 Å². The third-order valence-corrected chi connectivity index (χ3v) is 5.82. The van der Waals surface area contributed by atoms with E-state index in [1.807, 2.05) is 6.07 Å². The molecule has 0 saturated heterocycles. The van der Waals surface area contributed by atoms with E-state index in [-0.39, 0.29) is 5.82 Å². The van der Waals surface area contributed by atoms with Crippen molar-refractivity contribution in [2.45, 2.75) is 57.5 Å². The molecule has 0 aromatic heterocycles. The highest BCUT2D eigenvalue weighted by atomic mass is 19.1. The number of benzene rings is 2. The first-order valence-electron chi connectivity index (χ1n) is 10.3. The normalized spacial score (nSPS) is 21.0. The second-order valence-electron chi connectivity index (χ2n) is 7.70. The Morgan fingerprint density at radius 1 is 1.07 bits per heavy atom. The monoisotopic (exact) mass is 366 g/mol. The van der Waals surface area contributed by atoms with Crippen LogP contribution in [0.1, 0.15) is 74.2 Å². The van der Waals surface area contributed by atoms with Crippen molar-refractivity contribution in [1.82, 2.24) is 0 Å². The Kier molecular flexibility index (Phi) is 7.23. The fourth-order valence-electron chi connectivity index (χ4n) is 4.35. The van der Waals surface area contributed by atoms with Crippen LogP contribution in [0.3, 0.4) is 0 Å². The third kappa shape index (κ3) is 5.07. The summed E-state index contributed by atoms with van der Waals surface area (Å²) in [5.41, 5.74) is 2.97. The van der Waals surface area contributed by atoms with Crippen LogP contribution in [-0.2, 0) is 4.74 Å². The summed E-state index contributed by atoms with van der Waals surface area (Å²) in [6.07, 6.45) is 9.24. The summed E-state index contributed by atoms with van der Waals surface area (Å²) in [4.78, 5) is 0. The molecule has 1 aliphatic carbocycles. The number of ether oxygens (including phenoxy) is 1. The first-order valence-corrected chi connectivity index (χ1v) is 10.3. The zero-order valence-corrected chi connectivity index (χ0v) is 16.4. The predicted molar refractivity (Wildman–Crippen MR) is 110 cm³/mol. The minimum atomic E-state index is -0.404. The lowest BCUT2D eigenvalue weighted by molar-refractivity contribution is 0.101. The summed E-state index contributed by atoms with van der Waals surface area (Å²) in [5.74, 6) is 1.35. The molecule has 2 aromatic carbocycles. The van der Waals surface area contributed by atoms with Gasteiger partial charge in [-0.15, -0.1) is 6.58 Å². The van der Waals surface area contributed by atoms with Crippen molar-refractivity contribution < 1.29 is 9.13 Å². The Hall–Kier alpha value is -1.93. The lowest BCUT2D eigenvalue weighted by Gasteiger charge is -2.29. The van der Waals surface area contributed by atoms with E-state index in [1.165, 1.54) is 50.2 Å². The van der Waals surface area contributed by atoms with Gasteiger partial charge in [-0.2, -0.15) is 0 Å². The average Bonchev–Trinajstić information content (AvgIpc) is 2.71. The van der Waals surface area contributed by atoms with Crippen molar-refractivity contribution in [3.63, 3.8) is 0 Å². The number of rotatable bonds is 8. The third-order valence-electron chi connectivity index (χ3n) is 5.82. The molecule has 0 N–H and O–H groups in total. The second-order valence-corrected chi connectivity index (χ2v) is 7.70. The average molecular weight is 367 g/mol. The van der Waals surface area contributed by atoms with Gasteiger partial charge >= 0.3 is 0 Å². The van der Waals surface area contributed by atoms with Crippen LogP contribution in [0.5, 0.6) is 0 Å². The molecule has 1 nitrogen and oxygen atoms in total. The van der Waals surface area contributed by atoms with Gasteiger partial charge in [0.15, 0.2) is 0 Å². The minimum Gasteiger partial charge on any atom is -0.365 e. The van der Waals surface area contributed by atoms with Crippen LogP contribution in [-0.4, -0.2) is 6.61 Å². The molecule has 2 aromatic rings. The van der Waals surface area contributed by atoms with Crippen molar-refractivity contribution in [2.75, 3.05) is 6.61 Å².